The molecule has 2 amide bonds. The summed E-state index contributed by atoms with van der Waals surface area (Å²) in [5, 5.41) is 2.77. The maximum absolute atomic E-state index is 12.6. The molecule has 154 valence electrons. The molecule has 1 saturated heterocycles. The zero-order chi connectivity index (χ0) is 20.1. The smallest absolute Gasteiger partial charge is 0.225 e. The molecule has 9 heteroatoms. The van der Waals surface area contributed by atoms with Crippen molar-refractivity contribution in [3.05, 3.63) is 5.56 Å². The average Bonchev–Trinajstić information content (AvgIpc) is 2.85. The predicted octanol–water partition coefficient (Wildman–Crippen LogP) is 1.02. The molecular formula is C19H30N6O3. The second kappa shape index (κ2) is 8.62. The fourth-order valence-corrected chi connectivity index (χ4v) is 4.01. The highest BCUT2D eigenvalue weighted by molar-refractivity contribution is 5.76. The molecule has 5 N–H and O–H groups in total. The van der Waals surface area contributed by atoms with E-state index in [4.69, 9.17) is 16.2 Å². The summed E-state index contributed by atoms with van der Waals surface area (Å²) in [5.41, 5.74) is 12.1. The van der Waals surface area contributed by atoms with Crippen molar-refractivity contribution in [3.63, 3.8) is 0 Å². The summed E-state index contributed by atoms with van der Waals surface area (Å²) in [5.74, 6) is 1.17. The van der Waals surface area contributed by atoms with Crippen molar-refractivity contribution < 1.29 is 14.3 Å². The molecule has 1 aromatic heterocycles. The lowest BCUT2D eigenvalue weighted by Crippen LogP contribution is -2.37. The van der Waals surface area contributed by atoms with Crippen LogP contribution in [0.5, 0.6) is 5.88 Å². The van der Waals surface area contributed by atoms with E-state index < -0.39 is 0 Å². The lowest BCUT2D eigenvalue weighted by atomic mass is 9.90. The van der Waals surface area contributed by atoms with Crippen molar-refractivity contribution in [1.82, 2.24) is 20.2 Å². The van der Waals surface area contributed by atoms with E-state index in [0.717, 1.165) is 50.6 Å². The Morgan fingerprint density at radius 3 is 2.79 bits per heavy atom. The van der Waals surface area contributed by atoms with E-state index in [0.29, 0.717) is 37.6 Å². The fourth-order valence-electron chi connectivity index (χ4n) is 4.01. The van der Waals surface area contributed by atoms with Crippen LogP contribution in [0.1, 0.15) is 57.4 Å². The number of nitrogens with zero attached hydrogens (tertiary/aromatic N) is 3. The van der Waals surface area contributed by atoms with E-state index in [1.54, 1.807) is 0 Å². The Kier molecular flexibility index (Phi) is 6.21. The lowest BCUT2D eigenvalue weighted by Gasteiger charge is -2.27. The molecule has 3 heterocycles. The van der Waals surface area contributed by atoms with Crippen LogP contribution in [-0.4, -0.2) is 51.9 Å². The number of carbonyl (C=O) groups is 2. The number of unbranched alkanes of at least 4 members (excludes halogenated alkanes) is 2. The second-order valence-corrected chi connectivity index (χ2v) is 7.74. The first-order valence-electron chi connectivity index (χ1n) is 10.0. The molecule has 1 aromatic rings. The van der Waals surface area contributed by atoms with Crippen LogP contribution < -0.4 is 21.5 Å². The number of nitrogen functional groups attached to an aromatic ring is 2. The van der Waals surface area contributed by atoms with Gasteiger partial charge in [-0.25, -0.2) is 0 Å². The molecular weight excluding hydrogens is 360 g/mol. The van der Waals surface area contributed by atoms with Crippen LogP contribution in [0.2, 0.25) is 0 Å². The van der Waals surface area contributed by atoms with Crippen LogP contribution in [0.4, 0.5) is 11.8 Å². The Bertz CT molecular complexity index is 741. The summed E-state index contributed by atoms with van der Waals surface area (Å²) in [6.07, 6.45) is 6.36. The van der Waals surface area contributed by atoms with Crippen molar-refractivity contribution in [1.29, 1.82) is 0 Å². The number of amides is 2. The number of hydrogen-bond acceptors (Lipinski definition) is 7. The zero-order valence-electron chi connectivity index (χ0n) is 16.5. The molecule has 2 aliphatic heterocycles. The highest BCUT2D eigenvalue weighted by Crippen LogP contribution is 2.42. The highest BCUT2D eigenvalue weighted by atomic mass is 16.5. The van der Waals surface area contributed by atoms with Gasteiger partial charge in [0.05, 0.1) is 5.56 Å². The minimum Gasteiger partial charge on any atom is -0.470 e. The third-order valence-corrected chi connectivity index (χ3v) is 5.52. The maximum Gasteiger partial charge on any atom is 0.225 e. The summed E-state index contributed by atoms with van der Waals surface area (Å²) in [6, 6.07) is 0. The van der Waals surface area contributed by atoms with E-state index in [1.807, 2.05) is 4.90 Å². The number of nitrogens with one attached hydrogen (secondary N) is 1. The average molecular weight is 390 g/mol. The number of carbonyl (C=O) groups excluding carboxylic acids is 2. The SMILES string of the molecule is CC(=O)NCCCCCC(=O)N1CCC[C@@]2(CC1)Cc1c(N)nc(N)nc1O2. The van der Waals surface area contributed by atoms with E-state index in [-0.39, 0.29) is 23.4 Å². The number of ether oxygens (including phenoxy) is 1. The van der Waals surface area contributed by atoms with E-state index in [2.05, 4.69) is 15.3 Å². The van der Waals surface area contributed by atoms with Crippen molar-refractivity contribution in [2.45, 2.75) is 63.9 Å². The van der Waals surface area contributed by atoms with E-state index in [9.17, 15) is 9.59 Å². The standard InChI is InChI=1S/C19H30N6O3/c1-13(26)22-9-4-2-3-6-15(27)25-10-5-7-19(8-11-25)12-14-16(20)23-18(21)24-17(14)28-19/h2-12H2,1H3,(H,22,26)(H4,20,21,23,24)/t19-/m1/s1. The van der Waals surface area contributed by atoms with Crippen LogP contribution in [0.15, 0.2) is 0 Å². The summed E-state index contributed by atoms with van der Waals surface area (Å²) in [7, 11) is 0. The van der Waals surface area contributed by atoms with Gasteiger partial charge in [-0.15, -0.1) is 0 Å². The van der Waals surface area contributed by atoms with Crippen molar-refractivity contribution >= 4 is 23.6 Å². The number of fused-ring (bicyclic) bond motifs is 1. The summed E-state index contributed by atoms with van der Waals surface area (Å²) in [6.45, 7) is 3.60. The summed E-state index contributed by atoms with van der Waals surface area (Å²) >= 11 is 0. The van der Waals surface area contributed by atoms with Gasteiger partial charge >= 0.3 is 0 Å². The van der Waals surface area contributed by atoms with Crippen LogP contribution in [0.3, 0.4) is 0 Å². The number of hydrogen-bond donors (Lipinski definition) is 3. The molecule has 1 atom stereocenters. The van der Waals surface area contributed by atoms with Gasteiger partial charge in [-0.2, -0.15) is 9.97 Å². The topological polar surface area (TPSA) is 136 Å². The maximum atomic E-state index is 12.6. The molecule has 28 heavy (non-hydrogen) atoms. The van der Waals surface area contributed by atoms with Gasteiger partial charge < -0.3 is 26.4 Å². The number of likely N-dealkylation sites (tertiary alicyclic amines) is 1. The number of aromatic nitrogens is 2. The molecule has 9 nitrogen and oxygen atoms in total. The Morgan fingerprint density at radius 2 is 2.00 bits per heavy atom. The van der Waals surface area contributed by atoms with Gasteiger partial charge in [-0.1, -0.05) is 6.42 Å². The molecule has 0 bridgehead atoms. The quantitative estimate of drug-likeness (QED) is 0.617. The molecule has 0 radical (unpaired) electrons. The monoisotopic (exact) mass is 390 g/mol. The van der Waals surface area contributed by atoms with Gasteiger partial charge in [0.2, 0.25) is 23.6 Å². The number of anilines is 2. The van der Waals surface area contributed by atoms with Gasteiger partial charge in [0.25, 0.3) is 0 Å². The highest BCUT2D eigenvalue weighted by Gasteiger charge is 2.43. The van der Waals surface area contributed by atoms with Crippen LogP contribution in [0.25, 0.3) is 0 Å². The first kappa shape index (κ1) is 20.2. The number of rotatable bonds is 6. The molecule has 2 aliphatic rings. The third-order valence-electron chi connectivity index (χ3n) is 5.52. The van der Waals surface area contributed by atoms with Crippen molar-refractivity contribution in [2.24, 2.45) is 0 Å². The molecule has 3 rings (SSSR count). The van der Waals surface area contributed by atoms with E-state index in [1.165, 1.54) is 6.92 Å². The van der Waals surface area contributed by atoms with Gasteiger partial charge in [-0.3, -0.25) is 9.59 Å². The third kappa shape index (κ3) is 4.82. The minimum atomic E-state index is -0.369. The summed E-state index contributed by atoms with van der Waals surface area (Å²) in [4.78, 5) is 33.6. The Hall–Kier alpha value is -2.58. The van der Waals surface area contributed by atoms with Crippen LogP contribution in [0, 0.1) is 0 Å². The Morgan fingerprint density at radius 1 is 1.18 bits per heavy atom. The molecule has 0 unspecified atom stereocenters. The number of nitrogens with two attached hydrogens (primary N) is 2. The molecule has 0 saturated carbocycles. The van der Waals surface area contributed by atoms with E-state index >= 15 is 0 Å². The Labute approximate surface area is 165 Å². The largest absolute Gasteiger partial charge is 0.470 e. The minimum absolute atomic E-state index is 0.0127. The normalized spacial score (nSPS) is 21.1. The van der Waals surface area contributed by atoms with Gasteiger partial charge in [0.15, 0.2) is 0 Å². The summed E-state index contributed by atoms with van der Waals surface area (Å²) < 4.78 is 6.17. The fraction of sp³-hybridized carbons (Fsp3) is 0.684. The van der Waals surface area contributed by atoms with Gasteiger partial charge in [-0.05, 0) is 25.7 Å². The molecule has 1 fully saturated rings. The van der Waals surface area contributed by atoms with Crippen LogP contribution >= 0.6 is 0 Å². The lowest BCUT2D eigenvalue weighted by molar-refractivity contribution is -0.131. The first-order chi connectivity index (χ1) is 13.4. The van der Waals surface area contributed by atoms with Gasteiger partial charge in [0.1, 0.15) is 11.4 Å². The Balaban J connectivity index is 1.47. The van der Waals surface area contributed by atoms with Crippen molar-refractivity contribution in [2.75, 3.05) is 31.1 Å². The molecule has 0 aliphatic carbocycles. The van der Waals surface area contributed by atoms with Crippen molar-refractivity contribution in [3.8, 4) is 5.88 Å². The molecule has 0 aromatic carbocycles. The predicted molar refractivity (Wildman–Crippen MR) is 106 cm³/mol. The van der Waals surface area contributed by atoms with Gasteiger partial charge in [0, 0.05) is 45.8 Å². The molecule has 1 spiro atoms. The first-order valence-corrected chi connectivity index (χ1v) is 10.0. The second-order valence-electron chi connectivity index (χ2n) is 7.74. The zero-order valence-corrected chi connectivity index (χ0v) is 16.5. The van der Waals surface area contributed by atoms with Crippen LogP contribution in [-0.2, 0) is 16.0 Å².